The van der Waals surface area contributed by atoms with Crippen LogP contribution in [0.4, 0.5) is 0 Å². The minimum atomic E-state index is -1.06. The summed E-state index contributed by atoms with van der Waals surface area (Å²) in [4.78, 5) is 30.0. The highest BCUT2D eigenvalue weighted by Crippen LogP contribution is 1.91. The van der Waals surface area contributed by atoms with E-state index in [1.807, 2.05) is 6.92 Å². The Bertz CT molecular complexity index is 256. The Morgan fingerprint density at radius 3 is 1.94 bits per heavy atom. The Balaban J connectivity index is 0. The monoisotopic (exact) mass is 230 g/mol. The van der Waals surface area contributed by atoms with E-state index in [0.29, 0.717) is 12.2 Å². The van der Waals surface area contributed by atoms with Crippen LogP contribution in [0.3, 0.4) is 0 Å². The number of ether oxygens (including phenoxy) is 1. The van der Waals surface area contributed by atoms with Gasteiger partial charge in [-0.1, -0.05) is 13.5 Å². The van der Waals surface area contributed by atoms with Gasteiger partial charge in [-0.25, -0.2) is 4.79 Å². The standard InChI is InChI=1S/C7H12O2.C4H6O3/c1-4-5-9-7(8)6(2)3;1-3(5)2-4(6)7/h2,4-5H2,1,3H3;2H2,1H3,(H,6,7). The molecule has 5 heteroatoms. The lowest BCUT2D eigenvalue weighted by Gasteiger charge is -1.99. The number of ketones is 1. The second-order valence-corrected chi connectivity index (χ2v) is 3.19. The van der Waals surface area contributed by atoms with E-state index >= 15 is 0 Å². The van der Waals surface area contributed by atoms with Crippen LogP contribution in [-0.2, 0) is 19.1 Å². The van der Waals surface area contributed by atoms with Gasteiger partial charge in [0.2, 0.25) is 0 Å². The number of rotatable bonds is 5. The van der Waals surface area contributed by atoms with Crippen molar-refractivity contribution in [3.05, 3.63) is 12.2 Å². The van der Waals surface area contributed by atoms with Gasteiger partial charge in [-0.3, -0.25) is 9.59 Å². The van der Waals surface area contributed by atoms with E-state index in [1.54, 1.807) is 6.92 Å². The zero-order chi connectivity index (χ0) is 13.1. The van der Waals surface area contributed by atoms with Gasteiger partial charge in [0.15, 0.2) is 0 Å². The van der Waals surface area contributed by atoms with Gasteiger partial charge in [0, 0.05) is 5.57 Å². The van der Waals surface area contributed by atoms with Crippen molar-refractivity contribution in [3.63, 3.8) is 0 Å². The van der Waals surface area contributed by atoms with Crippen LogP contribution in [0.15, 0.2) is 12.2 Å². The fourth-order valence-electron chi connectivity index (χ4n) is 0.531. The van der Waals surface area contributed by atoms with Gasteiger partial charge in [-0.05, 0) is 20.3 Å². The maximum absolute atomic E-state index is 10.6. The van der Waals surface area contributed by atoms with E-state index in [4.69, 9.17) is 9.84 Å². The summed E-state index contributed by atoms with van der Waals surface area (Å²) in [5, 5.41) is 7.86. The zero-order valence-electron chi connectivity index (χ0n) is 9.91. The average Bonchev–Trinajstić information content (AvgIpc) is 2.12. The zero-order valence-corrected chi connectivity index (χ0v) is 9.91. The summed E-state index contributed by atoms with van der Waals surface area (Å²) in [7, 11) is 0. The van der Waals surface area contributed by atoms with Crippen molar-refractivity contribution >= 4 is 17.7 Å². The number of carbonyl (C=O) groups is 3. The lowest BCUT2D eigenvalue weighted by Crippen LogP contribution is -2.04. The summed E-state index contributed by atoms with van der Waals surface area (Å²) in [6.45, 7) is 8.76. The summed E-state index contributed by atoms with van der Waals surface area (Å²) >= 11 is 0. The molecule has 0 spiro atoms. The van der Waals surface area contributed by atoms with Crippen LogP contribution in [0.2, 0.25) is 0 Å². The first-order valence-electron chi connectivity index (χ1n) is 4.85. The van der Waals surface area contributed by atoms with Crippen molar-refractivity contribution in [3.8, 4) is 0 Å². The topological polar surface area (TPSA) is 80.7 Å². The van der Waals surface area contributed by atoms with E-state index in [2.05, 4.69) is 6.58 Å². The predicted octanol–water partition coefficient (Wildman–Crippen LogP) is 1.57. The molecule has 0 heterocycles. The smallest absolute Gasteiger partial charge is 0.333 e. The quantitative estimate of drug-likeness (QED) is 0.440. The fourth-order valence-corrected chi connectivity index (χ4v) is 0.531. The van der Waals surface area contributed by atoms with E-state index in [9.17, 15) is 14.4 Å². The molecule has 0 saturated heterocycles. The molecule has 0 aliphatic carbocycles. The van der Waals surface area contributed by atoms with Crippen molar-refractivity contribution < 1.29 is 24.2 Å². The van der Waals surface area contributed by atoms with E-state index < -0.39 is 5.97 Å². The van der Waals surface area contributed by atoms with Gasteiger partial charge in [0.25, 0.3) is 0 Å². The summed E-state index contributed by atoms with van der Waals surface area (Å²) < 4.78 is 4.71. The van der Waals surface area contributed by atoms with Gasteiger partial charge in [-0.15, -0.1) is 0 Å². The highest BCUT2D eigenvalue weighted by molar-refractivity contribution is 5.93. The molecule has 0 radical (unpaired) electrons. The Hall–Kier alpha value is -1.65. The summed E-state index contributed by atoms with van der Waals surface area (Å²) in [6, 6.07) is 0. The minimum Gasteiger partial charge on any atom is -0.481 e. The van der Waals surface area contributed by atoms with Gasteiger partial charge in [0.1, 0.15) is 12.2 Å². The fraction of sp³-hybridized carbons (Fsp3) is 0.545. The van der Waals surface area contributed by atoms with Gasteiger partial charge < -0.3 is 9.84 Å². The molecule has 0 atom stereocenters. The van der Waals surface area contributed by atoms with Crippen LogP contribution in [0.25, 0.3) is 0 Å². The summed E-state index contributed by atoms with van der Waals surface area (Å²) in [5.41, 5.74) is 0.462. The molecule has 0 rings (SSSR count). The molecule has 0 aromatic rings. The van der Waals surface area contributed by atoms with E-state index in [0.717, 1.165) is 6.42 Å². The number of Topliss-reactive ketones (excluding diaryl/α,β-unsaturated/α-hetero) is 1. The van der Waals surface area contributed by atoms with Gasteiger partial charge in [-0.2, -0.15) is 0 Å². The molecule has 0 saturated carbocycles. The largest absolute Gasteiger partial charge is 0.481 e. The molecule has 0 amide bonds. The minimum absolute atomic E-state index is 0.295. The molecular weight excluding hydrogens is 212 g/mol. The van der Waals surface area contributed by atoms with Crippen molar-refractivity contribution in [1.82, 2.24) is 0 Å². The highest BCUT2D eigenvalue weighted by atomic mass is 16.5. The maximum Gasteiger partial charge on any atom is 0.333 e. The molecule has 0 aliphatic rings. The van der Waals surface area contributed by atoms with Crippen molar-refractivity contribution in [2.24, 2.45) is 0 Å². The third kappa shape index (κ3) is 14.9. The summed E-state index contributed by atoms with van der Waals surface area (Å²) in [5.74, 6) is -1.67. The lowest BCUT2D eigenvalue weighted by molar-refractivity contribution is -0.140. The third-order valence-corrected chi connectivity index (χ3v) is 1.19. The summed E-state index contributed by atoms with van der Waals surface area (Å²) in [6.07, 6.45) is 0.499. The first kappa shape index (κ1) is 16.8. The number of hydrogen-bond acceptors (Lipinski definition) is 4. The molecule has 92 valence electrons. The Morgan fingerprint density at radius 1 is 1.25 bits per heavy atom. The van der Waals surface area contributed by atoms with Crippen LogP contribution in [0.5, 0.6) is 0 Å². The number of esters is 1. The maximum atomic E-state index is 10.6. The highest BCUT2D eigenvalue weighted by Gasteiger charge is 1.99. The second-order valence-electron chi connectivity index (χ2n) is 3.19. The Labute approximate surface area is 95.1 Å². The Kier molecular flexibility index (Phi) is 10.4. The van der Waals surface area contributed by atoms with Crippen molar-refractivity contribution in [2.75, 3.05) is 6.61 Å². The Morgan fingerprint density at radius 2 is 1.75 bits per heavy atom. The SMILES string of the molecule is C=C(C)C(=O)OCCC.CC(=O)CC(=O)O. The normalized spacial score (nSPS) is 8.44. The van der Waals surface area contributed by atoms with Crippen molar-refractivity contribution in [2.45, 2.75) is 33.6 Å². The van der Waals surface area contributed by atoms with E-state index in [1.165, 1.54) is 6.92 Å². The first-order valence-corrected chi connectivity index (χ1v) is 4.85. The molecule has 0 aliphatic heterocycles. The molecule has 0 aromatic heterocycles. The van der Waals surface area contributed by atoms with Crippen LogP contribution in [0.1, 0.15) is 33.6 Å². The third-order valence-electron chi connectivity index (χ3n) is 1.19. The van der Waals surface area contributed by atoms with Crippen molar-refractivity contribution in [1.29, 1.82) is 0 Å². The molecule has 1 N–H and O–H groups in total. The van der Waals surface area contributed by atoms with Crippen LogP contribution in [0, 0.1) is 0 Å². The van der Waals surface area contributed by atoms with Gasteiger partial charge in [0.05, 0.1) is 6.61 Å². The number of carbonyl (C=O) groups excluding carboxylic acids is 2. The van der Waals surface area contributed by atoms with Crippen LogP contribution in [-0.4, -0.2) is 29.4 Å². The van der Waals surface area contributed by atoms with E-state index in [-0.39, 0.29) is 18.2 Å². The molecule has 5 nitrogen and oxygen atoms in total. The average molecular weight is 230 g/mol. The molecule has 16 heavy (non-hydrogen) atoms. The number of aliphatic carboxylic acids is 1. The molecule has 0 bridgehead atoms. The number of carboxylic acids is 1. The second kappa shape index (κ2) is 9.89. The molecule has 0 unspecified atom stereocenters. The van der Waals surface area contributed by atoms with Crippen LogP contribution < -0.4 is 0 Å². The number of carboxylic acid groups (broad SMARTS) is 1. The molecule has 0 fully saturated rings. The first-order chi connectivity index (χ1) is 7.31. The lowest BCUT2D eigenvalue weighted by atomic mass is 10.3. The predicted molar refractivity (Wildman–Crippen MR) is 59.0 cm³/mol. The van der Waals surface area contributed by atoms with Gasteiger partial charge >= 0.3 is 11.9 Å². The van der Waals surface area contributed by atoms with Crippen LogP contribution >= 0.6 is 0 Å². The molecular formula is C11H18O5. The molecule has 0 aromatic carbocycles. The number of hydrogen-bond donors (Lipinski definition) is 1.